The van der Waals surface area contributed by atoms with E-state index in [0.717, 1.165) is 61.8 Å². The lowest BCUT2D eigenvalue weighted by Crippen LogP contribution is -2.53. The quantitative estimate of drug-likeness (QED) is 0.431. The van der Waals surface area contributed by atoms with Gasteiger partial charge in [0.15, 0.2) is 5.01 Å². The van der Waals surface area contributed by atoms with Crippen molar-refractivity contribution < 1.29 is 9.59 Å². The molecule has 7 nitrogen and oxygen atoms in total. The van der Waals surface area contributed by atoms with Crippen molar-refractivity contribution in [3.8, 4) is 0 Å². The van der Waals surface area contributed by atoms with E-state index < -0.39 is 0 Å². The molecule has 2 aliphatic rings. The van der Waals surface area contributed by atoms with E-state index in [2.05, 4.69) is 39.3 Å². The fourth-order valence-electron chi connectivity index (χ4n) is 4.93. The zero-order valence-electron chi connectivity index (χ0n) is 19.9. The fourth-order valence-corrected chi connectivity index (χ4v) is 6.15. The van der Waals surface area contributed by atoms with E-state index in [0.29, 0.717) is 21.8 Å². The van der Waals surface area contributed by atoms with E-state index in [9.17, 15) is 9.59 Å². The number of hydrogen-bond acceptors (Lipinski definition) is 5. The van der Waals surface area contributed by atoms with Gasteiger partial charge in [0, 0.05) is 58.4 Å². The second-order valence-corrected chi connectivity index (χ2v) is 11.1. The number of amides is 2. The van der Waals surface area contributed by atoms with Crippen molar-refractivity contribution >= 4 is 58.1 Å². The van der Waals surface area contributed by atoms with Crippen LogP contribution in [0.1, 0.15) is 70.4 Å². The Morgan fingerprint density at radius 3 is 2.57 bits per heavy atom. The van der Waals surface area contributed by atoms with Crippen molar-refractivity contribution in [2.24, 2.45) is 0 Å². The largest absolute Gasteiger partial charge is 0.351 e. The van der Waals surface area contributed by atoms with Crippen molar-refractivity contribution in [1.82, 2.24) is 25.5 Å². The van der Waals surface area contributed by atoms with Gasteiger partial charge in [0.25, 0.3) is 11.8 Å². The third-order valence-electron chi connectivity index (χ3n) is 6.91. The first kappa shape index (κ1) is 25.9. The number of H-pyrrole nitrogens is 1. The third kappa shape index (κ3) is 5.66. The molecule has 3 N–H and O–H groups in total. The summed E-state index contributed by atoms with van der Waals surface area (Å²) in [4.78, 5) is 37.5. The molecule has 1 aliphatic carbocycles. The molecule has 0 spiro atoms. The number of halogens is 2. The van der Waals surface area contributed by atoms with Crippen LogP contribution in [0.15, 0.2) is 24.3 Å². The van der Waals surface area contributed by atoms with Crippen molar-refractivity contribution in [3.63, 3.8) is 0 Å². The Kier molecular flexibility index (Phi) is 8.06. The molecule has 1 aliphatic heterocycles. The highest BCUT2D eigenvalue weighted by Crippen LogP contribution is 2.27. The minimum Gasteiger partial charge on any atom is -0.351 e. The average molecular weight is 537 g/mol. The second-order valence-electron chi connectivity index (χ2n) is 9.56. The summed E-state index contributed by atoms with van der Waals surface area (Å²) >= 11 is 7.57. The van der Waals surface area contributed by atoms with Crippen molar-refractivity contribution in [3.05, 3.63) is 50.6 Å². The van der Waals surface area contributed by atoms with Crippen LogP contribution in [0, 0.1) is 0 Å². The summed E-state index contributed by atoms with van der Waals surface area (Å²) in [6.45, 7) is 6.23. The van der Waals surface area contributed by atoms with Gasteiger partial charge >= 0.3 is 0 Å². The SMILES string of the molecule is CC(C)N1CCc2nc(C(=O)NC3CCCCC3NC(=O)c3cc4cc(Cl)ccc4[nH]3)sc2C1.Cl. The van der Waals surface area contributed by atoms with Gasteiger partial charge in [-0.15, -0.1) is 23.7 Å². The summed E-state index contributed by atoms with van der Waals surface area (Å²) < 4.78 is 0. The average Bonchev–Trinajstić information content (AvgIpc) is 3.43. The maximum atomic E-state index is 13.1. The van der Waals surface area contributed by atoms with E-state index in [-0.39, 0.29) is 36.3 Å². The van der Waals surface area contributed by atoms with Crippen LogP contribution in [0.5, 0.6) is 0 Å². The van der Waals surface area contributed by atoms with Gasteiger partial charge in [0.1, 0.15) is 5.69 Å². The minimum absolute atomic E-state index is 0. The highest BCUT2D eigenvalue weighted by molar-refractivity contribution is 7.13. The summed E-state index contributed by atoms with van der Waals surface area (Å²) in [6, 6.07) is 7.56. The highest BCUT2D eigenvalue weighted by Gasteiger charge is 2.30. The number of fused-ring (bicyclic) bond motifs is 2. The zero-order chi connectivity index (χ0) is 23.8. The lowest BCUT2D eigenvalue weighted by molar-refractivity contribution is 0.0860. The lowest BCUT2D eigenvalue weighted by atomic mass is 9.90. The Labute approximate surface area is 220 Å². The molecule has 2 atom stereocenters. The van der Waals surface area contributed by atoms with Crippen LogP contribution in [-0.2, 0) is 13.0 Å². The van der Waals surface area contributed by atoms with Gasteiger partial charge in [0.2, 0.25) is 0 Å². The maximum Gasteiger partial charge on any atom is 0.280 e. The number of hydrogen-bond donors (Lipinski definition) is 3. The first-order valence-corrected chi connectivity index (χ1v) is 13.2. The zero-order valence-corrected chi connectivity index (χ0v) is 22.3. The van der Waals surface area contributed by atoms with E-state index in [1.165, 1.54) is 16.2 Å². The van der Waals surface area contributed by atoms with Crippen LogP contribution in [0.4, 0.5) is 0 Å². The summed E-state index contributed by atoms with van der Waals surface area (Å²) in [5, 5.41) is 8.37. The Bertz CT molecular complexity index is 1220. The molecule has 2 unspecified atom stereocenters. The van der Waals surface area contributed by atoms with Gasteiger partial charge in [0.05, 0.1) is 5.69 Å². The van der Waals surface area contributed by atoms with Gasteiger partial charge in [-0.2, -0.15) is 0 Å². The fraction of sp³-hybridized carbons (Fsp3) is 0.480. The number of carbonyl (C=O) groups excluding carboxylic acids is 2. The maximum absolute atomic E-state index is 13.1. The van der Waals surface area contributed by atoms with Crippen LogP contribution < -0.4 is 10.6 Å². The number of nitrogens with one attached hydrogen (secondary N) is 3. The Hall–Kier alpha value is -2.13. The number of aromatic amines is 1. The van der Waals surface area contributed by atoms with Gasteiger partial charge in [-0.1, -0.05) is 24.4 Å². The monoisotopic (exact) mass is 535 g/mol. The lowest BCUT2D eigenvalue weighted by Gasteiger charge is -2.32. The first-order chi connectivity index (χ1) is 16.4. The molecule has 0 saturated heterocycles. The molecule has 0 bridgehead atoms. The van der Waals surface area contributed by atoms with Crippen LogP contribution >= 0.6 is 35.3 Å². The van der Waals surface area contributed by atoms with Crippen LogP contribution in [-0.4, -0.2) is 51.4 Å². The third-order valence-corrected chi connectivity index (χ3v) is 8.23. The van der Waals surface area contributed by atoms with Crippen molar-refractivity contribution in [2.75, 3.05) is 6.54 Å². The molecule has 1 saturated carbocycles. The number of aromatic nitrogens is 2. The smallest absolute Gasteiger partial charge is 0.280 e. The molecule has 10 heteroatoms. The van der Waals surface area contributed by atoms with E-state index in [1.54, 1.807) is 6.07 Å². The molecule has 3 aromatic rings. The van der Waals surface area contributed by atoms with Gasteiger partial charge in [-0.25, -0.2) is 4.98 Å². The summed E-state index contributed by atoms with van der Waals surface area (Å²) in [7, 11) is 0. The molecule has 188 valence electrons. The molecule has 2 amide bonds. The van der Waals surface area contributed by atoms with Crippen LogP contribution in [0.25, 0.3) is 10.9 Å². The Morgan fingerprint density at radius 1 is 1.14 bits per heavy atom. The molecule has 0 radical (unpaired) electrons. The van der Waals surface area contributed by atoms with E-state index in [4.69, 9.17) is 11.6 Å². The van der Waals surface area contributed by atoms with E-state index >= 15 is 0 Å². The van der Waals surface area contributed by atoms with Crippen molar-refractivity contribution in [2.45, 2.75) is 70.6 Å². The van der Waals surface area contributed by atoms with Crippen LogP contribution in [0.3, 0.4) is 0 Å². The second kappa shape index (κ2) is 10.9. The number of rotatable bonds is 5. The normalized spacial score (nSPS) is 20.3. The molecule has 1 fully saturated rings. The number of carbonyl (C=O) groups is 2. The molecular weight excluding hydrogens is 505 g/mol. The first-order valence-electron chi connectivity index (χ1n) is 12.0. The molecule has 3 heterocycles. The summed E-state index contributed by atoms with van der Waals surface area (Å²) in [5.41, 5.74) is 2.42. The molecule has 5 rings (SSSR count). The summed E-state index contributed by atoms with van der Waals surface area (Å²) in [6.07, 6.45) is 4.61. The Morgan fingerprint density at radius 2 is 1.86 bits per heavy atom. The summed E-state index contributed by atoms with van der Waals surface area (Å²) in [5.74, 6) is -0.307. The molecule has 2 aromatic heterocycles. The van der Waals surface area contributed by atoms with Gasteiger partial charge in [-0.3, -0.25) is 14.5 Å². The standard InChI is InChI=1S/C25H30ClN5O2S.ClH/c1-14(2)31-10-9-20-22(13-31)34-25(30-20)24(33)29-19-6-4-3-5-18(19)28-23(32)21-12-15-11-16(26)7-8-17(15)27-21;/h7-8,11-12,14,18-19,27H,3-6,9-10,13H2,1-2H3,(H,28,32)(H,29,33);1H. The van der Waals surface area contributed by atoms with Gasteiger partial charge < -0.3 is 15.6 Å². The molecule has 35 heavy (non-hydrogen) atoms. The topological polar surface area (TPSA) is 90.1 Å². The number of nitrogens with zero attached hydrogens (tertiary/aromatic N) is 2. The predicted octanol–water partition coefficient (Wildman–Crippen LogP) is 4.94. The van der Waals surface area contributed by atoms with E-state index in [1.807, 2.05) is 18.2 Å². The molecule has 1 aromatic carbocycles. The van der Waals surface area contributed by atoms with Crippen molar-refractivity contribution in [1.29, 1.82) is 0 Å². The number of benzene rings is 1. The molecular formula is C25H31Cl2N5O2S. The Balaban J connectivity index is 0.00000289. The van der Waals surface area contributed by atoms with Crippen LogP contribution in [0.2, 0.25) is 5.02 Å². The minimum atomic E-state index is -0.169. The van der Waals surface area contributed by atoms with Gasteiger partial charge in [-0.05, 0) is 51.0 Å². The predicted molar refractivity (Wildman–Crippen MR) is 143 cm³/mol. The highest BCUT2D eigenvalue weighted by atomic mass is 35.5. The number of thiazole rings is 1.